The SMILES string of the molecule is CC(C)(c1ccccc1NC(=O)CCCc1oc(-c2ccccc2)nc1-c1ccc(Cl)cc1)P(=O)(O)O. The zero-order valence-corrected chi connectivity index (χ0v) is 22.2. The molecule has 0 aliphatic rings. The fourth-order valence-corrected chi connectivity index (χ4v) is 4.60. The summed E-state index contributed by atoms with van der Waals surface area (Å²) in [7, 11) is -4.46. The second kappa shape index (κ2) is 11.0. The van der Waals surface area contributed by atoms with Crippen molar-refractivity contribution >= 4 is 30.8 Å². The second-order valence-corrected chi connectivity index (χ2v) is 11.9. The van der Waals surface area contributed by atoms with Crippen LogP contribution in [-0.4, -0.2) is 20.7 Å². The van der Waals surface area contributed by atoms with Crippen LogP contribution in [0, 0.1) is 0 Å². The van der Waals surface area contributed by atoms with Crippen LogP contribution in [0.25, 0.3) is 22.7 Å². The number of carbonyl (C=O) groups excluding carboxylic acids is 1. The van der Waals surface area contributed by atoms with Crippen molar-refractivity contribution in [2.24, 2.45) is 0 Å². The standard InChI is InChI=1S/C28H28ClN2O5P/c1-28(2,37(33,34)35)22-11-6-7-12-23(22)30-25(32)14-8-13-24-26(19-15-17-21(29)18-16-19)31-27(36-24)20-9-4-3-5-10-20/h3-7,9-12,15-18H,8,13-14H2,1-2H3,(H,30,32)(H2,33,34,35). The molecule has 0 saturated carbocycles. The molecule has 3 aromatic carbocycles. The Morgan fingerprint density at radius 1 is 0.973 bits per heavy atom. The van der Waals surface area contributed by atoms with E-state index in [2.05, 4.69) is 5.32 Å². The minimum atomic E-state index is -4.46. The van der Waals surface area contributed by atoms with Crippen LogP contribution in [0.15, 0.2) is 83.3 Å². The molecule has 0 fully saturated rings. The lowest BCUT2D eigenvalue weighted by Gasteiger charge is -2.28. The van der Waals surface area contributed by atoms with Gasteiger partial charge in [-0.05, 0) is 56.2 Å². The highest BCUT2D eigenvalue weighted by Crippen LogP contribution is 2.57. The van der Waals surface area contributed by atoms with E-state index in [1.807, 2.05) is 42.5 Å². The molecule has 0 unspecified atom stereocenters. The zero-order chi connectivity index (χ0) is 26.6. The number of nitrogens with one attached hydrogen (secondary N) is 1. The van der Waals surface area contributed by atoms with Gasteiger partial charge in [0.25, 0.3) is 0 Å². The highest BCUT2D eigenvalue weighted by atomic mass is 35.5. The van der Waals surface area contributed by atoms with E-state index in [9.17, 15) is 19.1 Å². The Hall–Kier alpha value is -3.22. The van der Waals surface area contributed by atoms with E-state index in [0.29, 0.717) is 46.5 Å². The van der Waals surface area contributed by atoms with Gasteiger partial charge in [0.15, 0.2) is 0 Å². The van der Waals surface area contributed by atoms with Gasteiger partial charge in [-0.3, -0.25) is 9.36 Å². The molecule has 0 atom stereocenters. The molecule has 0 bridgehead atoms. The quantitative estimate of drug-likeness (QED) is 0.197. The van der Waals surface area contributed by atoms with Crippen LogP contribution in [0.4, 0.5) is 5.69 Å². The normalized spacial score (nSPS) is 11.9. The first-order valence-corrected chi connectivity index (χ1v) is 13.8. The molecule has 7 nitrogen and oxygen atoms in total. The second-order valence-electron chi connectivity index (χ2n) is 9.21. The van der Waals surface area contributed by atoms with E-state index in [1.54, 1.807) is 36.4 Å². The highest BCUT2D eigenvalue weighted by Gasteiger charge is 2.41. The number of rotatable bonds is 9. The smallest absolute Gasteiger partial charge is 0.335 e. The number of halogens is 1. The number of aryl methyl sites for hydroxylation is 1. The summed E-state index contributed by atoms with van der Waals surface area (Å²) in [5.41, 5.74) is 3.18. The fourth-order valence-electron chi connectivity index (χ4n) is 3.96. The van der Waals surface area contributed by atoms with E-state index < -0.39 is 12.8 Å². The Balaban J connectivity index is 1.50. The first-order valence-electron chi connectivity index (χ1n) is 11.8. The molecule has 1 aromatic heterocycles. The van der Waals surface area contributed by atoms with Crippen molar-refractivity contribution in [3.8, 4) is 22.7 Å². The molecule has 0 radical (unpaired) electrons. The van der Waals surface area contributed by atoms with Crippen molar-refractivity contribution in [2.75, 3.05) is 5.32 Å². The van der Waals surface area contributed by atoms with Gasteiger partial charge in [0.1, 0.15) is 11.5 Å². The van der Waals surface area contributed by atoms with Gasteiger partial charge >= 0.3 is 7.60 Å². The Morgan fingerprint density at radius 3 is 2.30 bits per heavy atom. The Morgan fingerprint density at radius 2 is 1.62 bits per heavy atom. The zero-order valence-electron chi connectivity index (χ0n) is 20.5. The van der Waals surface area contributed by atoms with Crippen LogP contribution < -0.4 is 5.32 Å². The van der Waals surface area contributed by atoms with Gasteiger partial charge in [0.2, 0.25) is 11.8 Å². The molecule has 0 spiro atoms. The summed E-state index contributed by atoms with van der Waals surface area (Å²) < 4.78 is 18.2. The lowest BCUT2D eigenvalue weighted by atomic mass is 10.00. The third-order valence-electron chi connectivity index (χ3n) is 6.23. The summed E-state index contributed by atoms with van der Waals surface area (Å²) in [5, 5.41) is 1.99. The molecule has 1 amide bonds. The number of nitrogens with zero attached hydrogens (tertiary/aromatic N) is 1. The van der Waals surface area contributed by atoms with E-state index >= 15 is 0 Å². The van der Waals surface area contributed by atoms with Crippen molar-refractivity contribution in [1.82, 2.24) is 4.98 Å². The molecule has 0 aliphatic carbocycles. The van der Waals surface area contributed by atoms with Crippen LogP contribution in [0.3, 0.4) is 0 Å². The Kier molecular flexibility index (Phi) is 8.00. The minimum Gasteiger partial charge on any atom is -0.441 e. The number of aromatic nitrogens is 1. The molecule has 0 aliphatic heterocycles. The van der Waals surface area contributed by atoms with Gasteiger partial charge in [0.05, 0.1) is 5.16 Å². The maximum absolute atomic E-state index is 12.8. The van der Waals surface area contributed by atoms with Gasteiger partial charge in [-0.1, -0.05) is 60.1 Å². The van der Waals surface area contributed by atoms with Crippen molar-refractivity contribution in [3.63, 3.8) is 0 Å². The molecule has 4 rings (SSSR count). The highest BCUT2D eigenvalue weighted by molar-refractivity contribution is 7.53. The molecule has 192 valence electrons. The third kappa shape index (κ3) is 6.20. The lowest BCUT2D eigenvalue weighted by molar-refractivity contribution is -0.116. The average Bonchev–Trinajstić information content (AvgIpc) is 3.29. The predicted molar refractivity (Wildman–Crippen MR) is 145 cm³/mol. The van der Waals surface area contributed by atoms with E-state index in [4.69, 9.17) is 21.0 Å². The summed E-state index contributed by atoms with van der Waals surface area (Å²) >= 11 is 6.06. The average molecular weight is 539 g/mol. The third-order valence-corrected chi connectivity index (χ3v) is 8.18. The van der Waals surface area contributed by atoms with E-state index in [-0.39, 0.29) is 12.3 Å². The summed E-state index contributed by atoms with van der Waals surface area (Å²) in [6, 6.07) is 23.6. The van der Waals surface area contributed by atoms with Crippen LogP contribution in [-0.2, 0) is 20.9 Å². The lowest BCUT2D eigenvalue weighted by Crippen LogP contribution is -2.21. The van der Waals surface area contributed by atoms with Gasteiger partial charge in [0, 0.05) is 34.7 Å². The van der Waals surface area contributed by atoms with Gasteiger partial charge in [-0.15, -0.1) is 0 Å². The van der Waals surface area contributed by atoms with E-state index in [1.165, 1.54) is 13.8 Å². The van der Waals surface area contributed by atoms with Crippen LogP contribution in [0.5, 0.6) is 0 Å². The van der Waals surface area contributed by atoms with Crippen LogP contribution in [0.1, 0.15) is 38.0 Å². The minimum absolute atomic E-state index is 0.187. The largest absolute Gasteiger partial charge is 0.441 e. The molecule has 37 heavy (non-hydrogen) atoms. The number of anilines is 1. The number of amides is 1. The molecular formula is C28H28ClN2O5P. The van der Waals surface area contributed by atoms with Crippen LogP contribution in [0.2, 0.25) is 5.02 Å². The van der Waals surface area contributed by atoms with Crippen molar-refractivity contribution < 1.29 is 23.6 Å². The Labute approximate surface area is 220 Å². The van der Waals surface area contributed by atoms with Crippen LogP contribution >= 0.6 is 19.2 Å². The number of oxazole rings is 1. The summed E-state index contributed by atoms with van der Waals surface area (Å²) in [6.45, 7) is 2.93. The summed E-state index contributed by atoms with van der Waals surface area (Å²) in [5.74, 6) is 0.903. The van der Waals surface area contributed by atoms with E-state index in [0.717, 1.165) is 11.1 Å². The van der Waals surface area contributed by atoms with Gasteiger partial charge in [-0.25, -0.2) is 4.98 Å². The number of benzene rings is 3. The number of carbonyl (C=O) groups is 1. The molecule has 0 saturated heterocycles. The van der Waals surface area contributed by atoms with Crippen molar-refractivity contribution in [1.29, 1.82) is 0 Å². The summed E-state index contributed by atoms with van der Waals surface area (Å²) in [4.78, 5) is 37.1. The van der Waals surface area contributed by atoms with Crippen molar-refractivity contribution in [2.45, 2.75) is 38.3 Å². The molecule has 3 N–H and O–H groups in total. The fraction of sp³-hybridized carbons (Fsp3) is 0.214. The molecule has 4 aromatic rings. The maximum atomic E-state index is 12.8. The number of para-hydroxylation sites is 1. The first-order chi connectivity index (χ1) is 17.6. The first kappa shape index (κ1) is 26.8. The molecule has 1 heterocycles. The number of hydrogen-bond acceptors (Lipinski definition) is 4. The van der Waals surface area contributed by atoms with Crippen molar-refractivity contribution in [3.05, 3.63) is 95.2 Å². The molecular weight excluding hydrogens is 511 g/mol. The monoisotopic (exact) mass is 538 g/mol. The predicted octanol–water partition coefficient (Wildman–Crippen LogP) is 7.04. The van der Waals surface area contributed by atoms with Gasteiger partial charge < -0.3 is 19.5 Å². The molecule has 9 heteroatoms. The van der Waals surface area contributed by atoms with Gasteiger partial charge in [-0.2, -0.15) is 0 Å². The number of hydrogen-bond donors (Lipinski definition) is 3. The topological polar surface area (TPSA) is 113 Å². The Bertz CT molecular complexity index is 1430. The summed E-state index contributed by atoms with van der Waals surface area (Å²) in [6.07, 6.45) is 1.15. The maximum Gasteiger partial charge on any atom is 0.335 e.